The van der Waals surface area contributed by atoms with E-state index in [0.29, 0.717) is 11.3 Å². The SMILES string of the molecule is Cc1nnc(N)c2nn(-c3cccc(O)c3)c(C)c12. The summed E-state index contributed by atoms with van der Waals surface area (Å²) in [4.78, 5) is 0. The predicted molar refractivity (Wildman–Crippen MR) is 72.2 cm³/mol. The molecule has 0 aliphatic heterocycles. The summed E-state index contributed by atoms with van der Waals surface area (Å²) in [7, 11) is 0. The van der Waals surface area contributed by atoms with E-state index in [1.165, 1.54) is 0 Å². The number of benzene rings is 1. The largest absolute Gasteiger partial charge is 0.508 e. The molecule has 0 aliphatic rings. The molecule has 0 radical (unpaired) electrons. The van der Waals surface area contributed by atoms with Crippen LogP contribution in [0.5, 0.6) is 5.75 Å². The van der Waals surface area contributed by atoms with Crippen molar-refractivity contribution in [2.24, 2.45) is 0 Å². The van der Waals surface area contributed by atoms with Gasteiger partial charge in [-0.2, -0.15) is 10.2 Å². The molecule has 96 valence electrons. The Morgan fingerprint density at radius 1 is 1.21 bits per heavy atom. The quantitative estimate of drug-likeness (QED) is 0.691. The Hall–Kier alpha value is -2.63. The number of fused-ring (bicyclic) bond motifs is 1. The summed E-state index contributed by atoms with van der Waals surface area (Å²) >= 11 is 0. The minimum absolute atomic E-state index is 0.192. The molecule has 0 atom stereocenters. The second-order valence-electron chi connectivity index (χ2n) is 4.41. The van der Waals surface area contributed by atoms with Crippen LogP contribution < -0.4 is 5.73 Å². The summed E-state index contributed by atoms with van der Waals surface area (Å²) in [6, 6.07) is 6.89. The monoisotopic (exact) mass is 255 g/mol. The van der Waals surface area contributed by atoms with Gasteiger partial charge in [0.15, 0.2) is 5.82 Å². The van der Waals surface area contributed by atoms with Crippen molar-refractivity contribution >= 4 is 16.7 Å². The zero-order valence-corrected chi connectivity index (χ0v) is 10.6. The summed E-state index contributed by atoms with van der Waals surface area (Å²) in [5.74, 6) is 0.500. The molecule has 0 spiro atoms. The zero-order chi connectivity index (χ0) is 13.6. The molecule has 0 aliphatic carbocycles. The van der Waals surface area contributed by atoms with E-state index in [1.807, 2.05) is 19.9 Å². The number of aromatic hydroxyl groups is 1. The van der Waals surface area contributed by atoms with Crippen LogP contribution >= 0.6 is 0 Å². The smallest absolute Gasteiger partial charge is 0.174 e. The number of aromatic nitrogens is 4. The van der Waals surface area contributed by atoms with Crippen molar-refractivity contribution in [2.75, 3.05) is 5.73 Å². The van der Waals surface area contributed by atoms with Crippen LogP contribution in [-0.2, 0) is 0 Å². The van der Waals surface area contributed by atoms with Crippen LogP contribution in [0.1, 0.15) is 11.4 Å². The van der Waals surface area contributed by atoms with Crippen molar-refractivity contribution in [3.05, 3.63) is 35.7 Å². The lowest BCUT2D eigenvalue weighted by atomic mass is 10.2. The van der Waals surface area contributed by atoms with E-state index in [1.54, 1.807) is 22.9 Å². The number of nitrogen functional groups attached to an aromatic ring is 1. The van der Waals surface area contributed by atoms with E-state index in [9.17, 15) is 5.11 Å². The number of rotatable bonds is 1. The number of hydrogen-bond donors (Lipinski definition) is 2. The number of nitrogens with zero attached hydrogens (tertiary/aromatic N) is 4. The highest BCUT2D eigenvalue weighted by Gasteiger charge is 2.15. The first-order chi connectivity index (χ1) is 9.08. The molecular formula is C13H13N5O. The van der Waals surface area contributed by atoms with Gasteiger partial charge >= 0.3 is 0 Å². The van der Waals surface area contributed by atoms with Gasteiger partial charge in [0.1, 0.15) is 11.3 Å². The fraction of sp³-hybridized carbons (Fsp3) is 0.154. The first kappa shape index (κ1) is 11.5. The summed E-state index contributed by atoms with van der Waals surface area (Å²) in [5, 5.41) is 22.8. The Balaban J connectivity index is 2.35. The van der Waals surface area contributed by atoms with E-state index < -0.39 is 0 Å². The third kappa shape index (κ3) is 1.69. The van der Waals surface area contributed by atoms with Gasteiger partial charge < -0.3 is 10.8 Å². The van der Waals surface area contributed by atoms with Gasteiger partial charge in [0.2, 0.25) is 0 Å². The van der Waals surface area contributed by atoms with Crippen LogP contribution in [0.4, 0.5) is 5.82 Å². The number of hydrogen-bond acceptors (Lipinski definition) is 5. The first-order valence-electron chi connectivity index (χ1n) is 5.85. The molecular weight excluding hydrogens is 242 g/mol. The second-order valence-corrected chi connectivity index (χ2v) is 4.41. The van der Waals surface area contributed by atoms with Crippen molar-refractivity contribution < 1.29 is 5.11 Å². The Morgan fingerprint density at radius 3 is 2.68 bits per heavy atom. The van der Waals surface area contributed by atoms with Crippen LogP contribution in [0.3, 0.4) is 0 Å². The van der Waals surface area contributed by atoms with E-state index in [2.05, 4.69) is 15.3 Å². The molecule has 3 rings (SSSR count). The molecule has 3 N–H and O–H groups in total. The first-order valence-corrected chi connectivity index (χ1v) is 5.85. The van der Waals surface area contributed by atoms with Gasteiger partial charge in [0, 0.05) is 6.07 Å². The van der Waals surface area contributed by atoms with Crippen molar-refractivity contribution in [2.45, 2.75) is 13.8 Å². The Bertz CT molecular complexity index is 778. The predicted octanol–water partition coefficient (Wildman–Crippen LogP) is 1.72. The Kier molecular flexibility index (Phi) is 2.38. The summed E-state index contributed by atoms with van der Waals surface area (Å²) in [6.45, 7) is 3.81. The fourth-order valence-corrected chi connectivity index (χ4v) is 2.22. The molecule has 2 heterocycles. The van der Waals surface area contributed by atoms with Crippen molar-refractivity contribution in [1.29, 1.82) is 0 Å². The van der Waals surface area contributed by atoms with Gasteiger partial charge in [0.25, 0.3) is 0 Å². The highest BCUT2D eigenvalue weighted by Crippen LogP contribution is 2.26. The van der Waals surface area contributed by atoms with Crippen molar-refractivity contribution in [3.63, 3.8) is 0 Å². The maximum absolute atomic E-state index is 9.56. The van der Waals surface area contributed by atoms with E-state index in [-0.39, 0.29) is 5.75 Å². The molecule has 0 saturated heterocycles. The standard InChI is InChI=1S/C13H13N5O/c1-7-11-8(2)18(9-4-3-5-10(19)6-9)17-12(11)13(14)16-15-7/h3-6,19H,1-2H3,(H2,14,16). The topological polar surface area (TPSA) is 89.9 Å². The molecule has 3 aromatic rings. The average molecular weight is 255 g/mol. The van der Waals surface area contributed by atoms with Crippen LogP contribution in [0, 0.1) is 13.8 Å². The fourth-order valence-electron chi connectivity index (χ4n) is 2.22. The lowest BCUT2D eigenvalue weighted by molar-refractivity contribution is 0.475. The Labute approximate surface area is 109 Å². The number of nitrogens with two attached hydrogens (primary N) is 1. The van der Waals surface area contributed by atoms with Gasteiger partial charge in [-0.1, -0.05) is 6.07 Å². The van der Waals surface area contributed by atoms with Crippen molar-refractivity contribution in [3.8, 4) is 11.4 Å². The van der Waals surface area contributed by atoms with Gasteiger partial charge in [-0.25, -0.2) is 4.68 Å². The van der Waals surface area contributed by atoms with Gasteiger partial charge in [0.05, 0.1) is 22.5 Å². The van der Waals surface area contributed by atoms with Crippen LogP contribution in [0.25, 0.3) is 16.6 Å². The minimum atomic E-state index is 0.192. The molecule has 0 saturated carbocycles. The second kappa shape index (κ2) is 3.94. The lowest BCUT2D eigenvalue weighted by Crippen LogP contribution is -1.98. The van der Waals surface area contributed by atoms with Gasteiger partial charge in [-0.15, -0.1) is 5.10 Å². The highest BCUT2D eigenvalue weighted by molar-refractivity contribution is 5.91. The van der Waals surface area contributed by atoms with E-state index in [4.69, 9.17) is 5.73 Å². The molecule has 2 aromatic heterocycles. The molecule has 6 nitrogen and oxygen atoms in total. The normalized spacial score (nSPS) is 11.1. The molecule has 0 bridgehead atoms. The number of phenolic OH excluding ortho intramolecular Hbond substituents is 1. The van der Waals surface area contributed by atoms with Crippen molar-refractivity contribution in [1.82, 2.24) is 20.0 Å². The maximum Gasteiger partial charge on any atom is 0.174 e. The number of aryl methyl sites for hydroxylation is 2. The van der Waals surface area contributed by atoms with E-state index >= 15 is 0 Å². The molecule has 19 heavy (non-hydrogen) atoms. The summed E-state index contributed by atoms with van der Waals surface area (Å²) < 4.78 is 1.73. The van der Waals surface area contributed by atoms with Crippen LogP contribution in [-0.4, -0.2) is 25.1 Å². The van der Waals surface area contributed by atoms with Gasteiger partial charge in [-0.05, 0) is 26.0 Å². The van der Waals surface area contributed by atoms with E-state index in [0.717, 1.165) is 22.5 Å². The van der Waals surface area contributed by atoms with Crippen LogP contribution in [0.2, 0.25) is 0 Å². The van der Waals surface area contributed by atoms with Crippen LogP contribution in [0.15, 0.2) is 24.3 Å². The zero-order valence-electron chi connectivity index (χ0n) is 10.6. The molecule has 0 unspecified atom stereocenters. The summed E-state index contributed by atoms with van der Waals surface area (Å²) in [6.07, 6.45) is 0. The molecule has 1 aromatic carbocycles. The number of phenols is 1. The minimum Gasteiger partial charge on any atom is -0.508 e. The third-order valence-electron chi connectivity index (χ3n) is 3.10. The molecule has 0 fully saturated rings. The summed E-state index contributed by atoms with van der Waals surface area (Å²) in [5.41, 5.74) is 8.92. The average Bonchev–Trinajstić information content (AvgIpc) is 2.73. The maximum atomic E-state index is 9.56. The number of anilines is 1. The Morgan fingerprint density at radius 2 is 2.00 bits per heavy atom. The lowest BCUT2D eigenvalue weighted by Gasteiger charge is -2.04. The molecule has 0 amide bonds. The molecule has 6 heteroatoms. The third-order valence-corrected chi connectivity index (χ3v) is 3.10. The van der Waals surface area contributed by atoms with Gasteiger partial charge in [-0.3, -0.25) is 0 Å². The highest BCUT2D eigenvalue weighted by atomic mass is 16.3.